The number of rotatable bonds is 3. The van der Waals surface area contributed by atoms with E-state index in [1.54, 1.807) is 21.9 Å². The highest BCUT2D eigenvalue weighted by Gasteiger charge is 2.26. The van der Waals surface area contributed by atoms with Crippen molar-refractivity contribution in [3.63, 3.8) is 0 Å². The molecule has 6 nitrogen and oxygen atoms in total. The van der Waals surface area contributed by atoms with Crippen molar-refractivity contribution < 1.29 is 14.3 Å². The molecule has 0 aliphatic carbocycles. The fourth-order valence-corrected chi connectivity index (χ4v) is 2.98. The van der Waals surface area contributed by atoms with Crippen LogP contribution in [0.15, 0.2) is 24.3 Å². The number of benzene rings is 1. The molecule has 2 amide bonds. The van der Waals surface area contributed by atoms with Crippen molar-refractivity contribution in [3.8, 4) is 0 Å². The van der Waals surface area contributed by atoms with Gasteiger partial charge in [0.15, 0.2) is 0 Å². The van der Waals surface area contributed by atoms with Crippen LogP contribution in [0.5, 0.6) is 0 Å². The maximum Gasteiger partial charge on any atom is 0.409 e. The van der Waals surface area contributed by atoms with Gasteiger partial charge in [-0.3, -0.25) is 4.79 Å². The molecule has 25 heavy (non-hydrogen) atoms. The van der Waals surface area contributed by atoms with Gasteiger partial charge in [-0.25, -0.2) is 4.79 Å². The number of fused-ring (bicyclic) bond motifs is 1. The molecule has 7 heteroatoms. The Morgan fingerprint density at radius 3 is 2.52 bits per heavy atom. The van der Waals surface area contributed by atoms with Crippen LogP contribution in [-0.2, 0) is 4.74 Å². The maximum atomic E-state index is 12.7. The molecule has 0 radical (unpaired) electrons. The number of halogens is 1. The standard InChI is InChI=1S/C18H22ClN3O3/c1-12(2)11-25-18(24)22-7-5-21(6-8-22)17(23)16-9-13-3-4-14(19)10-15(13)20-16/h3-4,9-10,12,20H,5-8,11H2,1-2H3. The SMILES string of the molecule is CC(C)COC(=O)N1CCN(C(=O)c2cc3ccc(Cl)cc3[nH]2)CC1. The summed E-state index contributed by atoms with van der Waals surface area (Å²) in [6.07, 6.45) is -0.305. The van der Waals surface area contributed by atoms with E-state index in [-0.39, 0.29) is 12.0 Å². The third-order valence-corrected chi connectivity index (χ3v) is 4.42. The molecule has 1 saturated heterocycles. The van der Waals surface area contributed by atoms with Gasteiger partial charge in [0, 0.05) is 42.1 Å². The van der Waals surface area contributed by atoms with Gasteiger partial charge in [-0.15, -0.1) is 0 Å². The number of piperazine rings is 1. The number of nitrogens with zero attached hydrogens (tertiary/aromatic N) is 2. The van der Waals surface area contributed by atoms with Crippen LogP contribution < -0.4 is 0 Å². The van der Waals surface area contributed by atoms with Gasteiger partial charge >= 0.3 is 6.09 Å². The lowest BCUT2D eigenvalue weighted by Gasteiger charge is -2.34. The van der Waals surface area contributed by atoms with Crippen LogP contribution in [0.2, 0.25) is 5.02 Å². The van der Waals surface area contributed by atoms with Crippen molar-refractivity contribution in [3.05, 3.63) is 35.0 Å². The van der Waals surface area contributed by atoms with Crippen molar-refractivity contribution in [1.82, 2.24) is 14.8 Å². The first-order valence-electron chi connectivity index (χ1n) is 8.43. The number of nitrogens with one attached hydrogen (secondary N) is 1. The van der Waals surface area contributed by atoms with E-state index in [1.807, 2.05) is 26.0 Å². The molecule has 1 aliphatic rings. The van der Waals surface area contributed by atoms with Crippen molar-refractivity contribution >= 4 is 34.5 Å². The summed E-state index contributed by atoms with van der Waals surface area (Å²) >= 11 is 5.98. The van der Waals surface area contributed by atoms with Crippen LogP contribution in [0.4, 0.5) is 4.79 Å². The molecule has 0 saturated carbocycles. The van der Waals surface area contributed by atoms with E-state index in [0.29, 0.717) is 49.4 Å². The van der Waals surface area contributed by atoms with Gasteiger partial charge < -0.3 is 19.5 Å². The molecule has 134 valence electrons. The van der Waals surface area contributed by atoms with E-state index < -0.39 is 0 Å². The number of hydrogen-bond donors (Lipinski definition) is 1. The first-order chi connectivity index (χ1) is 11.9. The van der Waals surface area contributed by atoms with Gasteiger partial charge in [0.1, 0.15) is 5.69 Å². The van der Waals surface area contributed by atoms with Gasteiger partial charge in [-0.1, -0.05) is 31.5 Å². The molecule has 1 aromatic carbocycles. The summed E-state index contributed by atoms with van der Waals surface area (Å²) in [5, 5.41) is 1.57. The molecule has 1 aliphatic heterocycles. The van der Waals surface area contributed by atoms with E-state index in [9.17, 15) is 9.59 Å². The lowest BCUT2D eigenvalue weighted by molar-refractivity contribution is 0.0532. The highest BCUT2D eigenvalue weighted by Crippen LogP contribution is 2.21. The summed E-state index contributed by atoms with van der Waals surface area (Å²) < 4.78 is 5.24. The summed E-state index contributed by atoms with van der Waals surface area (Å²) in [6, 6.07) is 7.31. The Kier molecular flexibility index (Phi) is 5.18. The monoisotopic (exact) mass is 363 g/mol. The average Bonchev–Trinajstić information content (AvgIpc) is 3.02. The van der Waals surface area contributed by atoms with E-state index in [1.165, 1.54) is 0 Å². The molecule has 0 atom stereocenters. The van der Waals surface area contributed by atoms with Crippen LogP contribution in [0.1, 0.15) is 24.3 Å². The zero-order valence-corrected chi connectivity index (χ0v) is 15.2. The molecular weight excluding hydrogens is 342 g/mol. The third kappa shape index (κ3) is 4.07. The molecule has 2 aromatic rings. The molecule has 0 spiro atoms. The van der Waals surface area contributed by atoms with Crippen molar-refractivity contribution in [1.29, 1.82) is 0 Å². The molecule has 2 heterocycles. The Morgan fingerprint density at radius 1 is 1.16 bits per heavy atom. The second-order valence-corrected chi connectivity index (χ2v) is 7.10. The molecule has 0 unspecified atom stereocenters. The third-order valence-electron chi connectivity index (χ3n) is 4.18. The Bertz CT molecular complexity index is 779. The highest BCUT2D eigenvalue weighted by atomic mass is 35.5. The number of amides is 2. The van der Waals surface area contributed by atoms with Gasteiger partial charge in [0.05, 0.1) is 6.61 Å². The van der Waals surface area contributed by atoms with E-state index >= 15 is 0 Å². The number of ether oxygens (including phenoxy) is 1. The number of carbonyl (C=O) groups excluding carboxylic acids is 2. The van der Waals surface area contributed by atoms with Crippen molar-refractivity contribution in [2.24, 2.45) is 5.92 Å². The minimum Gasteiger partial charge on any atom is -0.449 e. The van der Waals surface area contributed by atoms with E-state index in [2.05, 4.69) is 4.98 Å². The molecule has 1 N–H and O–H groups in total. The van der Waals surface area contributed by atoms with Crippen LogP contribution >= 0.6 is 11.6 Å². The van der Waals surface area contributed by atoms with Crippen molar-refractivity contribution in [2.45, 2.75) is 13.8 Å². The number of aromatic amines is 1. The fourth-order valence-electron chi connectivity index (χ4n) is 2.81. The van der Waals surface area contributed by atoms with E-state index in [0.717, 1.165) is 10.9 Å². The molecular formula is C18H22ClN3O3. The summed E-state index contributed by atoms with van der Waals surface area (Å²) in [6.45, 7) is 6.35. The predicted octanol–water partition coefficient (Wildman–Crippen LogP) is 3.37. The summed E-state index contributed by atoms with van der Waals surface area (Å²) in [7, 11) is 0. The minimum absolute atomic E-state index is 0.0671. The summed E-state index contributed by atoms with van der Waals surface area (Å²) in [4.78, 5) is 31.2. The Balaban J connectivity index is 1.60. The quantitative estimate of drug-likeness (QED) is 0.909. The average molecular weight is 364 g/mol. The van der Waals surface area contributed by atoms with E-state index in [4.69, 9.17) is 16.3 Å². The second kappa shape index (κ2) is 7.35. The first-order valence-corrected chi connectivity index (χ1v) is 8.81. The molecule has 3 rings (SSSR count). The second-order valence-electron chi connectivity index (χ2n) is 6.66. The van der Waals surface area contributed by atoms with Gasteiger partial charge in [-0.05, 0) is 24.1 Å². The molecule has 1 fully saturated rings. The zero-order valence-electron chi connectivity index (χ0n) is 14.4. The normalized spacial score (nSPS) is 15.0. The van der Waals surface area contributed by atoms with Gasteiger partial charge in [0.25, 0.3) is 5.91 Å². The highest BCUT2D eigenvalue weighted by molar-refractivity contribution is 6.31. The number of H-pyrrole nitrogens is 1. The van der Waals surface area contributed by atoms with Crippen LogP contribution in [0, 0.1) is 5.92 Å². The number of hydrogen-bond acceptors (Lipinski definition) is 3. The lowest BCUT2D eigenvalue weighted by Crippen LogP contribution is -2.50. The van der Waals surface area contributed by atoms with Crippen molar-refractivity contribution in [2.75, 3.05) is 32.8 Å². The number of carbonyl (C=O) groups is 2. The first kappa shape index (κ1) is 17.6. The van der Waals surface area contributed by atoms with Crippen LogP contribution in [0.25, 0.3) is 10.9 Å². The van der Waals surface area contributed by atoms with Crippen LogP contribution in [0.3, 0.4) is 0 Å². The minimum atomic E-state index is -0.305. The smallest absolute Gasteiger partial charge is 0.409 e. The number of aromatic nitrogens is 1. The largest absolute Gasteiger partial charge is 0.449 e. The summed E-state index contributed by atoms with van der Waals surface area (Å²) in [5.41, 5.74) is 1.37. The predicted molar refractivity (Wildman–Crippen MR) is 97.0 cm³/mol. The Morgan fingerprint density at radius 2 is 1.84 bits per heavy atom. The Hall–Kier alpha value is -2.21. The fraction of sp³-hybridized carbons (Fsp3) is 0.444. The van der Waals surface area contributed by atoms with Gasteiger partial charge in [0.2, 0.25) is 0 Å². The molecule has 1 aromatic heterocycles. The topological polar surface area (TPSA) is 65.6 Å². The zero-order chi connectivity index (χ0) is 18.0. The Labute approximate surface area is 151 Å². The van der Waals surface area contributed by atoms with Gasteiger partial charge in [-0.2, -0.15) is 0 Å². The molecule has 0 bridgehead atoms. The summed E-state index contributed by atoms with van der Waals surface area (Å²) in [5.74, 6) is 0.241. The lowest BCUT2D eigenvalue weighted by atomic mass is 10.2. The maximum absolute atomic E-state index is 12.7. The van der Waals surface area contributed by atoms with Crippen LogP contribution in [-0.4, -0.2) is 59.6 Å².